The summed E-state index contributed by atoms with van der Waals surface area (Å²) in [6.07, 6.45) is 5.76. The van der Waals surface area contributed by atoms with Crippen molar-refractivity contribution in [1.29, 1.82) is 0 Å². The number of ether oxygens (including phenoxy) is 1. The summed E-state index contributed by atoms with van der Waals surface area (Å²) in [5.41, 5.74) is 6.20. The van der Waals surface area contributed by atoms with Gasteiger partial charge in [0.05, 0.1) is 7.11 Å². The smallest absolute Gasteiger partial charge is 0.165 e. The van der Waals surface area contributed by atoms with Gasteiger partial charge in [-0.15, -0.1) is 0 Å². The number of allylic oxidation sites excluding steroid dienone is 1. The molecule has 0 bridgehead atoms. The summed E-state index contributed by atoms with van der Waals surface area (Å²) in [5, 5.41) is 0. The summed E-state index contributed by atoms with van der Waals surface area (Å²) in [6, 6.07) is 4.90. The summed E-state index contributed by atoms with van der Waals surface area (Å²) >= 11 is 0. The molecule has 0 aliphatic rings. The van der Waals surface area contributed by atoms with Crippen LogP contribution in [0, 0.1) is 5.82 Å². The van der Waals surface area contributed by atoms with Crippen LogP contribution in [0.2, 0.25) is 0 Å². The van der Waals surface area contributed by atoms with E-state index in [0.717, 1.165) is 18.4 Å². The summed E-state index contributed by atoms with van der Waals surface area (Å²) in [6.45, 7) is 0.682. The quantitative estimate of drug-likeness (QED) is 0.756. The van der Waals surface area contributed by atoms with E-state index in [-0.39, 0.29) is 11.6 Å². The van der Waals surface area contributed by atoms with Crippen LogP contribution in [0.25, 0.3) is 6.08 Å². The molecule has 0 heterocycles. The molecule has 2 nitrogen and oxygen atoms in total. The molecule has 0 radical (unpaired) electrons. The largest absolute Gasteiger partial charge is 0.494 e. The molecule has 1 aromatic carbocycles. The van der Waals surface area contributed by atoms with Gasteiger partial charge in [-0.1, -0.05) is 18.2 Å². The number of nitrogens with two attached hydrogens (primary N) is 1. The highest BCUT2D eigenvalue weighted by Gasteiger charge is 2.00. The maximum absolute atomic E-state index is 13.2. The van der Waals surface area contributed by atoms with Crippen molar-refractivity contribution < 1.29 is 9.13 Å². The molecule has 1 aromatic rings. The summed E-state index contributed by atoms with van der Waals surface area (Å²) < 4.78 is 18.1. The molecule has 0 amide bonds. The first-order chi connectivity index (χ1) is 7.27. The van der Waals surface area contributed by atoms with E-state index in [9.17, 15) is 4.39 Å². The molecule has 0 aliphatic heterocycles. The SMILES string of the molecule is COc1ccc(/C=C/CCCN)cc1F. The van der Waals surface area contributed by atoms with Gasteiger partial charge in [0.25, 0.3) is 0 Å². The zero-order valence-electron chi connectivity index (χ0n) is 8.87. The van der Waals surface area contributed by atoms with Crippen molar-refractivity contribution in [1.82, 2.24) is 0 Å². The van der Waals surface area contributed by atoms with Crippen LogP contribution in [0.3, 0.4) is 0 Å². The molecule has 0 atom stereocenters. The van der Waals surface area contributed by atoms with Gasteiger partial charge >= 0.3 is 0 Å². The second-order valence-electron chi connectivity index (χ2n) is 3.23. The number of hydrogen-bond donors (Lipinski definition) is 1. The van der Waals surface area contributed by atoms with Gasteiger partial charge in [0.15, 0.2) is 11.6 Å². The summed E-state index contributed by atoms with van der Waals surface area (Å²) in [5.74, 6) is -0.0624. The van der Waals surface area contributed by atoms with E-state index in [1.165, 1.54) is 13.2 Å². The fourth-order valence-corrected chi connectivity index (χ4v) is 1.24. The minimum absolute atomic E-state index is 0.272. The Labute approximate surface area is 89.6 Å². The number of hydrogen-bond acceptors (Lipinski definition) is 2. The minimum Gasteiger partial charge on any atom is -0.494 e. The first-order valence-electron chi connectivity index (χ1n) is 4.98. The third-order valence-electron chi connectivity index (χ3n) is 2.06. The maximum Gasteiger partial charge on any atom is 0.165 e. The van der Waals surface area contributed by atoms with Gasteiger partial charge < -0.3 is 10.5 Å². The van der Waals surface area contributed by atoms with Crippen molar-refractivity contribution in [3.63, 3.8) is 0 Å². The molecule has 0 saturated carbocycles. The number of unbranched alkanes of at least 4 members (excludes halogenated alkanes) is 1. The van der Waals surface area contributed by atoms with Crippen LogP contribution in [-0.4, -0.2) is 13.7 Å². The lowest BCUT2D eigenvalue weighted by Gasteiger charge is -2.01. The van der Waals surface area contributed by atoms with Crippen LogP contribution in [0.4, 0.5) is 4.39 Å². The van der Waals surface area contributed by atoms with Crippen molar-refractivity contribution in [2.24, 2.45) is 5.73 Å². The van der Waals surface area contributed by atoms with E-state index < -0.39 is 0 Å². The molecule has 1 rings (SSSR count). The lowest BCUT2D eigenvalue weighted by Crippen LogP contribution is -1.96. The van der Waals surface area contributed by atoms with Crippen LogP contribution < -0.4 is 10.5 Å². The molecule has 0 spiro atoms. The monoisotopic (exact) mass is 209 g/mol. The van der Waals surface area contributed by atoms with Gasteiger partial charge in [-0.25, -0.2) is 4.39 Å². The average Bonchev–Trinajstić information content (AvgIpc) is 2.25. The molecule has 15 heavy (non-hydrogen) atoms. The minimum atomic E-state index is -0.335. The second-order valence-corrected chi connectivity index (χ2v) is 3.23. The van der Waals surface area contributed by atoms with Crippen molar-refractivity contribution >= 4 is 6.08 Å². The van der Waals surface area contributed by atoms with Gasteiger partial charge in [0, 0.05) is 0 Å². The number of methoxy groups -OCH3 is 1. The van der Waals surface area contributed by atoms with Crippen molar-refractivity contribution in [3.8, 4) is 5.75 Å². The fraction of sp³-hybridized carbons (Fsp3) is 0.333. The molecule has 0 fully saturated rings. The van der Waals surface area contributed by atoms with Crippen LogP contribution >= 0.6 is 0 Å². The molecular weight excluding hydrogens is 193 g/mol. The second kappa shape index (κ2) is 6.19. The van der Waals surface area contributed by atoms with Gasteiger partial charge in [0.2, 0.25) is 0 Å². The number of halogens is 1. The van der Waals surface area contributed by atoms with E-state index in [2.05, 4.69) is 0 Å². The Bertz CT molecular complexity index is 336. The molecule has 0 aliphatic carbocycles. The Morgan fingerprint density at radius 1 is 1.47 bits per heavy atom. The predicted molar refractivity (Wildman–Crippen MR) is 60.3 cm³/mol. The molecule has 0 aromatic heterocycles. The van der Waals surface area contributed by atoms with Gasteiger partial charge in [-0.2, -0.15) is 0 Å². The third kappa shape index (κ3) is 3.72. The Hall–Kier alpha value is -1.35. The van der Waals surface area contributed by atoms with Gasteiger partial charge in [-0.05, 0) is 37.1 Å². The van der Waals surface area contributed by atoms with Crippen LogP contribution in [0.15, 0.2) is 24.3 Å². The first-order valence-corrected chi connectivity index (χ1v) is 4.98. The highest BCUT2D eigenvalue weighted by Crippen LogP contribution is 2.18. The van der Waals surface area contributed by atoms with Gasteiger partial charge in [-0.3, -0.25) is 0 Å². The molecule has 2 N–H and O–H groups in total. The third-order valence-corrected chi connectivity index (χ3v) is 2.06. The predicted octanol–water partition coefficient (Wildman–Crippen LogP) is 2.59. The van der Waals surface area contributed by atoms with E-state index in [0.29, 0.717) is 6.54 Å². The van der Waals surface area contributed by atoms with Crippen molar-refractivity contribution in [2.75, 3.05) is 13.7 Å². The summed E-state index contributed by atoms with van der Waals surface area (Å²) in [4.78, 5) is 0. The van der Waals surface area contributed by atoms with E-state index in [1.54, 1.807) is 6.07 Å². The van der Waals surface area contributed by atoms with Gasteiger partial charge in [0.1, 0.15) is 0 Å². The van der Waals surface area contributed by atoms with E-state index in [1.807, 2.05) is 18.2 Å². The van der Waals surface area contributed by atoms with Crippen LogP contribution in [-0.2, 0) is 0 Å². The first kappa shape index (κ1) is 11.7. The van der Waals surface area contributed by atoms with Crippen molar-refractivity contribution in [2.45, 2.75) is 12.8 Å². The number of benzene rings is 1. The molecule has 0 unspecified atom stereocenters. The van der Waals surface area contributed by atoms with Crippen molar-refractivity contribution in [3.05, 3.63) is 35.7 Å². The molecular formula is C12H16FNO. The standard InChI is InChI=1S/C12H16FNO/c1-15-12-7-6-10(9-11(12)13)5-3-2-4-8-14/h3,5-7,9H,2,4,8,14H2,1H3/b5-3+. The zero-order valence-corrected chi connectivity index (χ0v) is 8.87. The maximum atomic E-state index is 13.2. The highest BCUT2D eigenvalue weighted by atomic mass is 19.1. The van der Waals surface area contributed by atoms with Crippen LogP contribution in [0.5, 0.6) is 5.75 Å². The highest BCUT2D eigenvalue weighted by molar-refractivity contribution is 5.50. The Kier molecular flexibility index (Phi) is 4.84. The molecule has 0 saturated heterocycles. The van der Waals surface area contributed by atoms with E-state index >= 15 is 0 Å². The Morgan fingerprint density at radius 2 is 2.27 bits per heavy atom. The fourth-order valence-electron chi connectivity index (χ4n) is 1.24. The van der Waals surface area contributed by atoms with E-state index in [4.69, 9.17) is 10.5 Å². The lowest BCUT2D eigenvalue weighted by atomic mass is 10.1. The number of rotatable bonds is 5. The normalized spacial score (nSPS) is 10.9. The lowest BCUT2D eigenvalue weighted by molar-refractivity contribution is 0.386. The average molecular weight is 209 g/mol. The molecule has 3 heteroatoms. The summed E-state index contributed by atoms with van der Waals surface area (Å²) in [7, 11) is 1.45. The zero-order chi connectivity index (χ0) is 11.1. The Morgan fingerprint density at radius 3 is 2.87 bits per heavy atom. The Balaban J connectivity index is 2.63. The molecule has 82 valence electrons. The topological polar surface area (TPSA) is 35.2 Å². The van der Waals surface area contributed by atoms with Crippen LogP contribution in [0.1, 0.15) is 18.4 Å².